The van der Waals surface area contributed by atoms with Crippen LogP contribution in [0.1, 0.15) is 0 Å². The van der Waals surface area contributed by atoms with E-state index in [0.717, 1.165) is 0 Å². The molecule has 0 spiro atoms. The van der Waals surface area contributed by atoms with E-state index in [0.29, 0.717) is 13.2 Å². The van der Waals surface area contributed by atoms with Crippen molar-refractivity contribution in [2.45, 2.75) is 5.60 Å². The van der Waals surface area contributed by atoms with Gasteiger partial charge < -0.3 is 15.2 Å². The molecule has 1 aliphatic rings. The first kappa shape index (κ1) is 11.1. The first-order chi connectivity index (χ1) is 4.77. The number of alkyl halides is 1. The predicted octanol–water partition coefficient (Wildman–Crippen LogP) is -0.271. The van der Waals surface area contributed by atoms with E-state index < -0.39 is 12.3 Å². The summed E-state index contributed by atoms with van der Waals surface area (Å²) in [5.74, 6) is 0. The number of rotatable bonds is 1. The zero-order chi connectivity index (χ0) is 7.45. The van der Waals surface area contributed by atoms with Gasteiger partial charge in [-0.1, -0.05) is 0 Å². The maximum absolute atomic E-state index is 12.1. The van der Waals surface area contributed by atoms with E-state index in [1.54, 1.807) is 0 Å². The fourth-order valence-electron chi connectivity index (χ4n) is 0.864. The van der Waals surface area contributed by atoms with E-state index in [2.05, 4.69) is 5.32 Å². The number of nitrogens with one attached hydrogen (secondary N) is 1. The molecule has 1 rings (SSSR count). The van der Waals surface area contributed by atoms with Gasteiger partial charge in [0.15, 0.2) is 0 Å². The van der Waals surface area contributed by atoms with Crippen LogP contribution in [0.15, 0.2) is 0 Å². The zero-order valence-electron chi connectivity index (χ0n) is 6.18. The van der Waals surface area contributed by atoms with Crippen LogP contribution in [0, 0.1) is 0 Å². The van der Waals surface area contributed by atoms with E-state index >= 15 is 0 Å². The van der Waals surface area contributed by atoms with E-state index in [9.17, 15) is 9.50 Å². The van der Waals surface area contributed by atoms with Gasteiger partial charge in [0.05, 0.1) is 13.2 Å². The molecule has 0 radical (unpaired) electrons. The molecule has 0 amide bonds. The summed E-state index contributed by atoms with van der Waals surface area (Å²) in [6.45, 7) is 0.852. The summed E-state index contributed by atoms with van der Waals surface area (Å²) in [6, 6.07) is 0. The number of hydrogen-bond acceptors (Lipinski definition) is 3. The van der Waals surface area contributed by atoms with Gasteiger partial charge in [0.1, 0.15) is 12.3 Å². The Kier molecular flexibility index (Phi) is 4.92. The summed E-state index contributed by atoms with van der Waals surface area (Å²) < 4.78 is 17.0. The van der Waals surface area contributed by atoms with Crippen molar-refractivity contribution in [3.05, 3.63) is 0 Å². The first-order valence-electron chi connectivity index (χ1n) is 3.34. The molecular formula is C6H13ClFNO2. The maximum atomic E-state index is 12.1. The molecule has 1 aliphatic heterocycles. The van der Waals surface area contributed by atoms with Gasteiger partial charge in [0.25, 0.3) is 0 Å². The summed E-state index contributed by atoms with van der Waals surface area (Å²) in [7, 11) is 0. The van der Waals surface area contributed by atoms with Crippen molar-refractivity contribution in [3.63, 3.8) is 0 Å². The lowest BCUT2D eigenvalue weighted by Gasteiger charge is -2.21. The molecular weight excluding hydrogens is 173 g/mol. The average Bonchev–Trinajstić information content (AvgIpc) is 2.15. The van der Waals surface area contributed by atoms with Crippen LogP contribution in [0.5, 0.6) is 0 Å². The largest absolute Gasteiger partial charge is 0.383 e. The molecule has 68 valence electrons. The first-order valence-corrected chi connectivity index (χ1v) is 3.34. The zero-order valence-corrected chi connectivity index (χ0v) is 6.99. The Morgan fingerprint density at radius 2 is 2.36 bits per heavy atom. The van der Waals surface area contributed by atoms with E-state index in [-0.39, 0.29) is 25.6 Å². The highest BCUT2D eigenvalue weighted by molar-refractivity contribution is 5.85. The Balaban J connectivity index is 0.000001000. The van der Waals surface area contributed by atoms with Crippen LogP contribution >= 0.6 is 12.4 Å². The third kappa shape index (κ3) is 3.33. The molecule has 0 aliphatic carbocycles. The van der Waals surface area contributed by atoms with E-state index in [1.165, 1.54) is 0 Å². The monoisotopic (exact) mass is 185 g/mol. The van der Waals surface area contributed by atoms with Gasteiger partial charge in [-0.25, -0.2) is 4.39 Å². The molecule has 0 saturated carbocycles. The van der Waals surface area contributed by atoms with Crippen LogP contribution in [-0.4, -0.2) is 43.7 Å². The summed E-state index contributed by atoms with van der Waals surface area (Å²) in [6.07, 6.45) is 0. The van der Waals surface area contributed by atoms with Gasteiger partial charge in [-0.15, -0.1) is 12.4 Å². The second-order valence-electron chi connectivity index (χ2n) is 2.59. The van der Waals surface area contributed by atoms with Crippen LogP contribution in [0.25, 0.3) is 0 Å². The number of aliphatic hydroxyl groups is 1. The number of hydrogen-bond donors (Lipinski definition) is 2. The van der Waals surface area contributed by atoms with Crippen molar-refractivity contribution in [2.24, 2.45) is 0 Å². The summed E-state index contributed by atoms with van der Waals surface area (Å²) in [5, 5.41) is 12.2. The van der Waals surface area contributed by atoms with Crippen LogP contribution in [-0.2, 0) is 4.74 Å². The molecule has 1 unspecified atom stereocenters. The second-order valence-corrected chi connectivity index (χ2v) is 2.59. The van der Waals surface area contributed by atoms with Crippen LogP contribution < -0.4 is 5.32 Å². The lowest BCUT2D eigenvalue weighted by molar-refractivity contribution is -0.0424. The minimum Gasteiger partial charge on any atom is -0.383 e. The topological polar surface area (TPSA) is 41.5 Å². The van der Waals surface area contributed by atoms with Crippen LogP contribution in [0.4, 0.5) is 4.39 Å². The van der Waals surface area contributed by atoms with Crippen molar-refractivity contribution in [3.8, 4) is 0 Å². The van der Waals surface area contributed by atoms with Gasteiger partial charge in [0.2, 0.25) is 0 Å². The fourth-order valence-corrected chi connectivity index (χ4v) is 0.864. The Bertz CT molecular complexity index is 107. The van der Waals surface area contributed by atoms with Gasteiger partial charge >= 0.3 is 0 Å². The highest BCUT2D eigenvalue weighted by Crippen LogP contribution is 2.06. The van der Waals surface area contributed by atoms with Gasteiger partial charge in [-0.05, 0) is 0 Å². The minimum atomic E-state index is -1.30. The Hall–Kier alpha value is 0.1000. The smallest absolute Gasteiger partial charge is 0.128 e. The predicted molar refractivity (Wildman–Crippen MR) is 41.9 cm³/mol. The van der Waals surface area contributed by atoms with Crippen molar-refractivity contribution < 1.29 is 14.2 Å². The Morgan fingerprint density at radius 1 is 1.64 bits per heavy atom. The van der Waals surface area contributed by atoms with Crippen molar-refractivity contribution >= 4 is 12.4 Å². The molecule has 0 aromatic carbocycles. The van der Waals surface area contributed by atoms with Crippen molar-refractivity contribution in [1.29, 1.82) is 0 Å². The molecule has 3 nitrogen and oxygen atoms in total. The molecule has 1 saturated heterocycles. The number of ether oxygens (including phenoxy) is 1. The maximum Gasteiger partial charge on any atom is 0.128 e. The third-order valence-electron chi connectivity index (χ3n) is 1.50. The molecule has 0 aromatic rings. The number of β-amino-alcohol motifs (C(OH)–C–C–N with tert-alkyl or cyclic N) is 1. The molecule has 11 heavy (non-hydrogen) atoms. The lowest BCUT2D eigenvalue weighted by Crippen LogP contribution is -2.44. The summed E-state index contributed by atoms with van der Waals surface area (Å²) >= 11 is 0. The summed E-state index contributed by atoms with van der Waals surface area (Å²) in [5.41, 5.74) is -1.30. The second kappa shape index (κ2) is 4.87. The normalized spacial score (nSPS) is 32.2. The van der Waals surface area contributed by atoms with E-state index in [1.807, 2.05) is 0 Å². The van der Waals surface area contributed by atoms with Gasteiger partial charge in [-0.3, -0.25) is 0 Å². The molecule has 1 atom stereocenters. The highest BCUT2D eigenvalue weighted by Gasteiger charge is 2.28. The quantitative estimate of drug-likeness (QED) is 0.591. The average molecular weight is 186 g/mol. The lowest BCUT2D eigenvalue weighted by atomic mass is 10.1. The van der Waals surface area contributed by atoms with Crippen molar-refractivity contribution in [2.75, 3.05) is 33.0 Å². The fraction of sp³-hybridized carbons (Fsp3) is 1.00. The molecule has 5 heteroatoms. The molecule has 0 bridgehead atoms. The van der Waals surface area contributed by atoms with Crippen molar-refractivity contribution in [1.82, 2.24) is 5.32 Å². The molecule has 0 aromatic heterocycles. The van der Waals surface area contributed by atoms with Crippen LogP contribution in [0.2, 0.25) is 0 Å². The van der Waals surface area contributed by atoms with Gasteiger partial charge in [-0.2, -0.15) is 0 Å². The SMILES string of the molecule is Cl.OC1(CF)CNCCOC1. The molecule has 1 fully saturated rings. The minimum absolute atomic E-state index is 0. The standard InChI is InChI=1S/C6H12FNO2.ClH/c7-3-6(9)4-8-1-2-10-5-6;/h8-9H,1-5H2;1H. The van der Waals surface area contributed by atoms with Gasteiger partial charge in [0, 0.05) is 13.1 Å². The highest BCUT2D eigenvalue weighted by atomic mass is 35.5. The van der Waals surface area contributed by atoms with Crippen LogP contribution in [0.3, 0.4) is 0 Å². The number of halogens is 2. The summed E-state index contributed by atoms with van der Waals surface area (Å²) in [4.78, 5) is 0. The third-order valence-corrected chi connectivity index (χ3v) is 1.50. The Morgan fingerprint density at radius 3 is 3.00 bits per heavy atom. The Labute approximate surface area is 71.3 Å². The van der Waals surface area contributed by atoms with E-state index in [4.69, 9.17) is 4.74 Å². The molecule has 1 heterocycles. The molecule has 2 N–H and O–H groups in total.